The Morgan fingerprint density at radius 1 is 1.23 bits per heavy atom. The molecule has 2 aliphatic heterocycles. The van der Waals surface area contributed by atoms with Crippen molar-refractivity contribution in [2.45, 2.75) is 19.3 Å². The molecule has 6 heteroatoms. The molecule has 0 radical (unpaired) electrons. The first-order valence-electron chi connectivity index (χ1n) is 8.99. The Morgan fingerprint density at radius 2 is 2.00 bits per heavy atom. The van der Waals surface area contributed by atoms with E-state index in [1.54, 1.807) is 30.0 Å². The van der Waals surface area contributed by atoms with E-state index < -0.39 is 0 Å². The van der Waals surface area contributed by atoms with Gasteiger partial charge in [-0.3, -0.25) is 14.4 Å². The minimum Gasteiger partial charge on any atom is -0.345 e. The number of hydrogen-bond donors (Lipinski definition) is 0. The molecule has 1 saturated heterocycles. The van der Waals surface area contributed by atoms with Crippen LogP contribution in [0.25, 0.3) is 0 Å². The fourth-order valence-corrected chi connectivity index (χ4v) is 3.75. The zero-order valence-corrected chi connectivity index (χ0v) is 15.4. The van der Waals surface area contributed by atoms with Crippen molar-refractivity contribution in [1.82, 2.24) is 9.80 Å². The minimum atomic E-state index is -0.179. The molecule has 1 atom stereocenters. The van der Waals surface area contributed by atoms with Crippen LogP contribution < -0.4 is 4.90 Å². The number of amides is 3. The van der Waals surface area contributed by atoms with E-state index in [0.29, 0.717) is 25.2 Å². The van der Waals surface area contributed by atoms with Gasteiger partial charge in [0.25, 0.3) is 5.91 Å². The summed E-state index contributed by atoms with van der Waals surface area (Å²) in [6.45, 7) is 5.29. The lowest BCUT2D eigenvalue weighted by atomic mass is 9.96. The van der Waals surface area contributed by atoms with Crippen LogP contribution in [-0.4, -0.2) is 61.3 Å². The molecule has 2 aliphatic rings. The molecule has 0 bridgehead atoms. The van der Waals surface area contributed by atoms with Gasteiger partial charge in [-0.05, 0) is 49.1 Å². The van der Waals surface area contributed by atoms with Gasteiger partial charge >= 0.3 is 0 Å². The van der Waals surface area contributed by atoms with Crippen molar-refractivity contribution in [3.63, 3.8) is 0 Å². The van der Waals surface area contributed by atoms with Crippen LogP contribution in [0.4, 0.5) is 5.69 Å². The van der Waals surface area contributed by atoms with Gasteiger partial charge in [-0.15, -0.1) is 0 Å². The van der Waals surface area contributed by atoms with Crippen LogP contribution in [0.1, 0.15) is 28.8 Å². The Morgan fingerprint density at radius 3 is 2.69 bits per heavy atom. The highest BCUT2D eigenvalue weighted by Gasteiger charge is 2.34. The molecule has 3 amide bonds. The molecular formula is C20H25N3O3. The second kappa shape index (κ2) is 7.32. The van der Waals surface area contributed by atoms with Crippen molar-refractivity contribution in [2.75, 3.05) is 38.6 Å². The average Bonchev–Trinajstić information content (AvgIpc) is 3.09. The molecule has 0 aromatic heterocycles. The van der Waals surface area contributed by atoms with Gasteiger partial charge in [0.1, 0.15) is 0 Å². The van der Waals surface area contributed by atoms with Gasteiger partial charge < -0.3 is 14.7 Å². The molecule has 26 heavy (non-hydrogen) atoms. The zero-order valence-electron chi connectivity index (χ0n) is 15.4. The van der Waals surface area contributed by atoms with Crippen LogP contribution in [0, 0.1) is 5.92 Å². The van der Waals surface area contributed by atoms with E-state index in [1.807, 2.05) is 17.0 Å². The SMILES string of the molecule is C=CC(=O)N1CCCC(C(=O)N2CCc3cc(C(=O)N(C)C)ccc32)C1. The zero-order chi connectivity index (χ0) is 18.8. The Kier molecular flexibility index (Phi) is 5.11. The van der Waals surface area contributed by atoms with Crippen LogP contribution in [-0.2, 0) is 16.0 Å². The summed E-state index contributed by atoms with van der Waals surface area (Å²) in [6.07, 6.45) is 3.68. The molecular weight excluding hydrogens is 330 g/mol. The Hall–Kier alpha value is -2.63. The highest BCUT2D eigenvalue weighted by atomic mass is 16.2. The number of likely N-dealkylation sites (tertiary alicyclic amines) is 1. The maximum absolute atomic E-state index is 13.0. The highest BCUT2D eigenvalue weighted by molar-refractivity contribution is 5.99. The lowest BCUT2D eigenvalue weighted by molar-refractivity contribution is -0.131. The van der Waals surface area contributed by atoms with E-state index in [2.05, 4.69) is 6.58 Å². The summed E-state index contributed by atoms with van der Waals surface area (Å²) in [4.78, 5) is 42.1. The van der Waals surface area contributed by atoms with Crippen molar-refractivity contribution < 1.29 is 14.4 Å². The van der Waals surface area contributed by atoms with Gasteiger partial charge in [0.2, 0.25) is 11.8 Å². The van der Waals surface area contributed by atoms with Gasteiger partial charge in [-0.2, -0.15) is 0 Å². The number of nitrogens with zero attached hydrogens (tertiary/aromatic N) is 3. The molecule has 1 aromatic rings. The van der Waals surface area contributed by atoms with Gasteiger partial charge in [0.05, 0.1) is 5.92 Å². The smallest absolute Gasteiger partial charge is 0.253 e. The van der Waals surface area contributed by atoms with Gasteiger partial charge in [-0.25, -0.2) is 0 Å². The third kappa shape index (κ3) is 3.36. The number of carbonyl (C=O) groups is 3. The summed E-state index contributed by atoms with van der Waals surface area (Å²) in [5.74, 6) is -0.265. The quantitative estimate of drug-likeness (QED) is 0.776. The molecule has 1 aromatic carbocycles. The van der Waals surface area contributed by atoms with Gasteiger partial charge in [0, 0.05) is 45.0 Å². The van der Waals surface area contributed by atoms with Gasteiger partial charge in [-0.1, -0.05) is 6.58 Å². The Labute approximate surface area is 154 Å². The molecule has 0 aliphatic carbocycles. The van der Waals surface area contributed by atoms with Crippen molar-refractivity contribution >= 4 is 23.4 Å². The first-order chi connectivity index (χ1) is 12.4. The number of anilines is 1. The first kappa shape index (κ1) is 18.2. The van der Waals surface area contributed by atoms with E-state index in [4.69, 9.17) is 0 Å². The van der Waals surface area contributed by atoms with Crippen LogP contribution in [0.2, 0.25) is 0 Å². The Bertz CT molecular complexity index is 757. The molecule has 0 saturated carbocycles. The highest BCUT2D eigenvalue weighted by Crippen LogP contribution is 2.32. The molecule has 1 unspecified atom stereocenters. The standard InChI is InChI=1S/C20H25N3O3/c1-4-18(24)22-10-5-6-16(13-22)20(26)23-11-9-14-12-15(7-8-17(14)23)19(25)21(2)3/h4,7-8,12,16H,1,5-6,9-11,13H2,2-3H3. The second-order valence-electron chi connectivity index (χ2n) is 7.11. The predicted octanol–water partition coefficient (Wildman–Crippen LogP) is 1.70. The molecule has 138 valence electrons. The summed E-state index contributed by atoms with van der Waals surface area (Å²) < 4.78 is 0. The molecule has 0 spiro atoms. The van der Waals surface area contributed by atoms with Crippen LogP contribution in [0.3, 0.4) is 0 Å². The topological polar surface area (TPSA) is 60.9 Å². The van der Waals surface area contributed by atoms with E-state index >= 15 is 0 Å². The van der Waals surface area contributed by atoms with Crippen molar-refractivity contribution in [2.24, 2.45) is 5.92 Å². The summed E-state index contributed by atoms with van der Waals surface area (Å²) in [7, 11) is 3.45. The molecule has 3 rings (SSSR count). The maximum atomic E-state index is 13.0. The molecule has 2 heterocycles. The number of fused-ring (bicyclic) bond motifs is 1. The van der Waals surface area contributed by atoms with Crippen LogP contribution in [0.5, 0.6) is 0 Å². The fourth-order valence-electron chi connectivity index (χ4n) is 3.75. The molecule has 0 N–H and O–H groups in total. The minimum absolute atomic E-state index is 0.0385. The fraction of sp³-hybridized carbons (Fsp3) is 0.450. The maximum Gasteiger partial charge on any atom is 0.253 e. The number of piperidine rings is 1. The van der Waals surface area contributed by atoms with Crippen molar-refractivity contribution in [3.05, 3.63) is 42.0 Å². The third-order valence-corrected chi connectivity index (χ3v) is 5.15. The average molecular weight is 355 g/mol. The third-order valence-electron chi connectivity index (χ3n) is 5.15. The van der Waals surface area contributed by atoms with Crippen LogP contribution >= 0.6 is 0 Å². The number of benzene rings is 1. The van der Waals surface area contributed by atoms with Crippen molar-refractivity contribution in [1.29, 1.82) is 0 Å². The first-order valence-corrected chi connectivity index (χ1v) is 8.99. The molecule has 1 fully saturated rings. The molecule has 6 nitrogen and oxygen atoms in total. The summed E-state index contributed by atoms with van der Waals surface area (Å²) in [6, 6.07) is 5.53. The lowest BCUT2D eigenvalue weighted by Crippen LogP contribution is -2.46. The summed E-state index contributed by atoms with van der Waals surface area (Å²) in [5.41, 5.74) is 2.56. The summed E-state index contributed by atoms with van der Waals surface area (Å²) >= 11 is 0. The number of carbonyl (C=O) groups excluding carboxylic acids is 3. The second-order valence-corrected chi connectivity index (χ2v) is 7.11. The van der Waals surface area contributed by atoms with E-state index in [0.717, 1.165) is 30.5 Å². The van der Waals surface area contributed by atoms with E-state index in [1.165, 1.54) is 6.08 Å². The monoisotopic (exact) mass is 355 g/mol. The largest absolute Gasteiger partial charge is 0.345 e. The number of rotatable bonds is 3. The summed E-state index contributed by atoms with van der Waals surface area (Å²) in [5, 5.41) is 0. The van der Waals surface area contributed by atoms with Crippen molar-refractivity contribution in [3.8, 4) is 0 Å². The van der Waals surface area contributed by atoms with E-state index in [-0.39, 0.29) is 23.6 Å². The van der Waals surface area contributed by atoms with Crippen LogP contribution in [0.15, 0.2) is 30.9 Å². The normalized spacial score (nSPS) is 19.1. The van der Waals surface area contributed by atoms with Gasteiger partial charge in [0.15, 0.2) is 0 Å². The van der Waals surface area contributed by atoms with E-state index in [9.17, 15) is 14.4 Å². The Balaban J connectivity index is 1.76. The lowest BCUT2D eigenvalue weighted by Gasteiger charge is -2.33. The predicted molar refractivity (Wildman–Crippen MR) is 100 cm³/mol. The number of hydrogen-bond acceptors (Lipinski definition) is 3.